The number of alkyl halides is 1. The van der Waals surface area contributed by atoms with Crippen molar-refractivity contribution < 1.29 is 27.4 Å². The molecule has 0 saturated carbocycles. The van der Waals surface area contributed by atoms with Gasteiger partial charge in [-0.05, 0) is 41.8 Å². The van der Waals surface area contributed by atoms with E-state index in [1.54, 1.807) is 24.3 Å². The summed E-state index contributed by atoms with van der Waals surface area (Å²) in [6.45, 7) is 3.49. The quantitative estimate of drug-likeness (QED) is 0.263. The van der Waals surface area contributed by atoms with Crippen LogP contribution in [0.5, 0.6) is 0 Å². The van der Waals surface area contributed by atoms with Crippen molar-refractivity contribution in [1.29, 1.82) is 5.41 Å². The Hall–Kier alpha value is -4.43. The maximum absolute atomic E-state index is 15.2. The number of methoxy groups -OCH3 is 1. The molecule has 3 aromatic rings. The van der Waals surface area contributed by atoms with E-state index in [-0.39, 0.29) is 49.6 Å². The van der Waals surface area contributed by atoms with Crippen LogP contribution in [0.1, 0.15) is 36.6 Å². The number of allylic oxidation sites excluding steroid dienone is 1. The van der Waals surface area contributed by atoms with Crippen LogP contribution in [-0.2, 0) is 15.1 Å². The van der Waals surface area contributed by atoms with Crippen molar-refractivity contribution in [3.8, 4) is 0 Å². The van der Waals surface area contributed by atoms with E-state index in [1.165, 1.54) is 25.5 Å². The van der Waals surface area contributed by atoms with E-state index in [0.717, 1.165) is 17.8 Å². The summed E-state index contributed by atoms with van der Waals surface area (Å²) in [6.07, 6.45) is 7.13. The molecule has 2 aromatic heterocycles. The van der Waals surface area contributed by atoms with Crippen molar-refractivity contribution in [3.63, 3.8) is 0 Å². The topological polar surface area (TPSA) is 145 Å². The zero-order chi connectivity index (χ0) is 32.3. The Morgan fingerprint density at radius 2 is 1.98 bits per heavy atom. The lowest BCUT2D eigenvalue weighted by Crippen LogP contribution is -2.62. The van der Waals surface area contributed by atoms with Crippen LogP contribution >= 0.6 is 0 Å². The van der Waals surface area contributed by atoms with Crippen LogP contribution in [0.25, 0.3) is 6.08 Å². The summed E-state index contributed by atoms with van der Waals surface area (Å²) in [5.41, 5.74) is 5.58. The number of carbonyl (C=O) groups is 1. The monoisotopic (exact) mass is 626 g/mol. The minimum atomic E-state index is -1.87. The fourth-order valence-corrected chi connectivity index (χ4v) is 6.15. The van der Waals surface area contributed by atoms with Crippen LogP contribution in [-0.4, -0.2) is 84.2 Å². The molecule has 14 heteroatoms. The number of aromatic nitrogens is 3. The van der Waals surface area contributed by atoms with Crippen LogP contribution in [0.3, 0.4) is 0 Å². The van der Waals surface area contributed by atoms with Crippen LogP contribution in [0.2, 0.25) is 0 Å². The number of nitrogens with zero attached hydrogens (tertiary/aromatic N) is 4. The highest BCUT2D eigenvalue weighted by Crippen LogP contribution is 2.38. The number of benzene rings is 1. The molecule has 240 valence electrons. The maximum atomic E-state index is 15.2. The predicted octanol–water partition coefficient (Wildman–Crippen LogP) is 4.73. The fraction of sp³-hybridized carbons (Fsp3) is 0.419. The molecule has 11 nitrogen and oxygen atoms in total. The van der Waals surface area contributed by atoms with Crippen molar-refractivity contribution in [3.05, 3.63) is 71.3 Å². The van der Waals surface area contributed by atoms with E-state index >= 15 is 4.39 Å². The molecule has 3 unspecified atom stereocenters. The third kappa shape index (κ3) is 6.81. The summed E-state index contributed by atoms with van der Waals surface area (Å²) in [7, 11) is 3.03. The number of rotatable bonds is 8. The molecule has 5 N–H and O–H groups in total. The van der Waals surface area contributed by atoms with E-state index in [9.17, 15) is 13.6 Å². The lowest BCUT2D eigenvalue weighted by atomic mass is 9.87. The summed E-state index contributed by atoms with van der Waals surface area (Å²) in [5.74, 6) is -1.59. The molecule has 2 saturated heterocycles. The van der Waals surface area contributed by atoms with E-state index in [2.05, 4.69) is 25.2 Å². The summed E-state index contributed by atoms with van der Waals surface area (Å²) in [6, 6.07) is 3.25. The van der Waals surface area contributed by atoms with Gasteiger partial charge in [-0.15, -0.1) is 0 Å². The number of imidazole rings is 1. The minimum absolute atomic E-state index is 0.0130. The van der Waals surface area contributed by atoms with E-state index in [0.29, 0.717) is 30.4 Å². The van der Waals surface area contributed by atoms with Gasteiger partial charge in [0.1, 0.15) is 17.3 Å². The summed E-state index contributed by atoms with van der Waals surface area (Å²) < 4.78 is 55.1. The number of aromatic amines is 1. The summed E-state index contributed by atoms with van der Waals surface area (Å²) in [5, 5.41) is 11.5. The van der Waals surface area contributed by atoms with Gasteiger partial charge in [-0.25, -0.2) is 22.9 Å². The average molecular weight is 627 g/mol. The van der Waals surface area contributed by atoms with Gasteiger partial charge in [0.2, 0.25) is 5.95 Å². The lowest BCUT2D eigenvalue weighted by Gasteiger charge is -2.45. The van der Waals surface area contributed by atoms with Crippen LogP contribution in [0.4, 0.5) is 35.3 Å². The second-order valence-corrected chi connectivity index (χ2v) is 11.5. The fourth-order valence-electron chi connectivity index (χ4n) is 6.15. The second kappa shape index (κ2) is 13.3. The first-order valence-corrected chi connectivity index (χ1v) is 14.6. The molecule has 2 fully saturated rings. The lowest BCUT2D eigenvalue weighted by molar-refractivity contribution is -0.0118. The Bertz CT molecular complexity index is 1540. The average Bonchev–Trinajstić information content (AvgIpc) is 3.46. The number of nitrogens with one attached hydrogen (secondary N) is 3. The number of pyridine rings is 1. The summed E-state index contributed by atoms with van der Waals surface area (Å²) >= 11 is 0. The molecule has 1 aromatic carbocycles. The standard InChI is InChI=1S/C31H37F3N8O3/c1-18-16-42(17-24(36)28(18)41(2)30(43)44-3)26-6-9-37-15-25(26)40-29-38-14-20(39-29)4-5-23(35)27-21(32)12-19(13-22(27)33)31(34)7-10-45-11-8-31/h4-6,9,12-15,18,24,28,35H,7-8,10-11,16-17,36H2,1-3H3,(H2,38,39,40)/b5-4-,35-23?. The SMILES string of the molecule is COC(=O)N(C)C1C(C)CN(c2ccncc2Nc2ncc(/C=C\C(=N)c3c(F)cc(C4(F)CCOCC4)cc3F)[nH]2)CC1N. The first-order chi connectivity index (χ1) is 21.5. The van der Waals surface area contributed by atoms with Gasteiger partial charge in [0.15, 0.2) is 0 Å². The first kappa shape index (κ1) is 32.0. The van der Waals surface area contributed by atoms with Gasteiger partial charge < -0.3 is 40.7 Å². The second-order valence-electron chi connectivity index (χ2n) is 11.5. The number of H-pyrrole nitrogens is 1. The number of amides is 1. The van der Waals surface area contributed by atoms with Crippen LogP contribution in [0.15, 0.2) is 42.9 Å². The van der Waals surface area contributed by atoms with Crippen molar-refractivity contribution in [2.24, 2.45) is 11.7 Å². The van der Waals surface area contributed by atoms with E-state index in [1.807, 2.05) is 13.0 Å². The molecule has 3 atom stereocenters. The predicted molar refractivity (Wildman–Crippen MR) is 164 cm³/mol. The van der Waals surface area contributed by atoms with E-state index < -0.39 is 34.7 Å². The molecule has 0 aliphatic carbocycles. The van der Waals surface area contributed by atoms with Crippen molar-refractivity contribution in [2.45, 2.75) is 37.5 Å². The van der Waals surface area contributed by atoms with Gasteiger partial charge in [-0.2, -0.15) is 0 Å². The molecular weight excluding hydrogens is 589 g/mol. The molecule has 0 radical (unpaired) electrons. The van der Waals surface area contributed by atoms with Crippen LogP contribution in [0, 0.1) is 23.0 Å². The van der Waals surface area contributed by atoms with Crippen molar-refractivity contribution >= 4 is 35.2 Å². The third-order valence-electron chi connectivity index (χ3n) is 8.40. The maximum Gasteiger partial charge on any atom is 0.409 e. The number of likely N-dealkylation sites (N-methyl/N-ethyl adjacent to an activating group) is 1. The molecule has 2 aliphatic rings. The Morgan fingerprint density at radius 3 is 2.64 bits per heavy atom. The van der Waals surface area contributed by atoms with Gasteiger partial charge in [0.25, 0.3) is 0 Å². The van der Waals surface area contributed by atoms with Crippen molar-refractivity contribution in [2.75, 3.05) is 50.7 Å². The van der Waals surface area contributed by atoms with Gasteiger partial charge in [0, 0.05) is 58.4 Å². The molecule has 0 spiro atoms. The number of hydrogen-bond donors (Lipinski definition) is 4. The smallest absolute Gasteiger partial charge is 0.409 e. The Balaban J connectivity index is 1.27. The Labute approximate surface area is 259 Å². The molecular formula is C31H37F3N8O3. The molecule has 2 aliphatic heterocycles. The highest BCUT2D eigenvalue weighted by Gasteiger charge is 2.38. The van der Waals surface area contributed by atoms with Crippen LogP contribution < -0.4 is 16.0 Å². The number of nitrogens with two attached hydrogens (primary N) is 1. The van der Waals surface area contributed by atoms with Gasteiger partial charge in [0.05, 0.1) is 53.9 Å². The molecule has 0 bridgehead atoms. The van der Waals surface area contributed by atoms with Crippen molar-refractivity contribution in [1.82, 2.24) is 19.9 Å². The number of halogens is 3. The number of ether oxygens (including phenoxy) is 2. The van der Waals surface area contributed by atoms with Gasteiger partial charge in [-0.3, -0.25) is 4.98 Å². The minimum Gasteiger partial charge on any atom is -0.453 e. The zero-order valence-corrected chi connectivity index (χ0v) is 25.3. The molecule has 1 amide bonds. The number of hydrogen-bond acceptors (Lipinski definition) is 9. The molecule has 4 heterocycles. The Morgan fingerprint density at radius 1 is 1.27 bits per heavy atom. The van der Waals surface area contributed by atoms with E-state index in [4.69, 9.17) is 20.6 Å². The summed E-state index contributed by atoms with van der Waals surface area (Å²) in [4.78, 5) is 27.4. The Kier molecular flexibility index (Phi) is 9.44. The number of anilines is 3. The normalized spacial score (nSPS) is 21.5. The molecule has 5 rings (SSSR count). The largest absolute Gasteiger partial charge is 0.453 e. The first-order valence-electron chi connectivity index (χ1n) is 14.6. The van der Waals surface area contributed by atoms with Gasteiger partial charge >= 0.3 is 6.09 Å². The zero-order valence-electron chi connectivity index (χ0n) is 25.3. The number of piperidine rings is 1. The van der Waals surface area contributed by atoms with Gasteiger partial charge in [-0.1, -0.05) is 6.92 Å². The highest BCUT2D eigenvalue weighted by atomic mass is 19.1. The molecule has 45 heavy (non-hydrogen) atoms. The highest BCUT2D eigenvalue weighted by molar-refractivity contribution is 6.09. The third-order valence-corrected chi connectivity index (χ3v) is 8.40. The number of carbonyl (C=O) groups excluding carboxylic acids is 1.